The van der Waals surface area contributed by atoms with Crippen molar-refractivity contribution in [3.8, 4) is 17.0 Å². The summed E-state index contributed by atoms with van der Waals surface area (Å²) in [4.78, 5) is 9.51. The Kier molecular flexibility index (Phi) is 4.63. The molecule has 3 atom stereocenters. The predicted molar refractivity (Wildman–Crippen MR) is 136 cm³/mol. The van der Waals surface area contributed by atoms with E-state index in [1.54, 1.807) is 17.4 Å². The molecule has 2 aromatic carbocycles. The van der Waals surface area contributed by atoms with Gasteiger partial charge in [0.1, 0.15) is 5.75 Å². The number of hydrogen-bond donors (Lipinski definition) is 2. The molecule has 7 rings (SSSR count). The topological polar surface area (TPSA) is 61.0 Å². The summed E-state index contributed by atoms with van der Waals surface area (Å²) < 4.78 is 2.25. The Morgan fingerprint density at radius 1 is 1.12 bits per heavy atom. The minimum atomic E-state index is -0.848. The molecule has 0 radical (unpaired) electrons. The third kappa shape index (κ3) is 2.74. The second-order valence-corrected chi connectivity index (χ2v) is 10.8. The van der Waals surface area contributed by atoms with Crippen molar-refractivity contribution in [2.24, 2.45) is 0 Å². The summed E-state index contributed by atoms with van der Waals surface area (Å²) in [7, 11) is 2.14. The number of likely N-dealkylation sites (tertiary alicyclic amines) is 1. The van der Waals surface area contributed by atoms with E-state index in [1.165, 1.54) is 16.1 Å². The molecule has 0 spiro atoms. The summed E-state index contributed by atoms with van der Waals surface area (Å²) in [6.07, 6.45) is 5.26. The lowest BCUT2D eigenvalue weighted by molar-refractivity contribution is -0.144. The van der Waals surface area contributed by atoms with E-state index in [0.717, 1.165) is 47.6 Å². The van der Waals surface area contributed by atoms with Crippen LogP contribution in [-0.4, -0.2) is 49.7 Å². The van der Waals surface area contributed by atoms with Crippen LogP contribution in [0.15, 0.2) is 54.7 Å². The highest BCUT2D eigenvalue weighted by Gasteiger charge is 2.64. The van der Waals surface area contributed by atoms with E-state index in [4.69, 9.17) is 4.98 Å². The molecule has 1 fully saturated rings. The van der Waals surface area contributed by atoms with Crippen LogP contribution in [-0.2, 0) is 24.7 Å². The number of thiazole rings is 1. The highest BCUT2D eigenvalue weighted by Crippen LogP contribution is 2.58. The van der Waals surface area contributed by atoms with Crippen molar-refractivity contribution in [3.05, 3.63) is 76.4 Å². The Morgan fingerprint density at radius 3 is 2.76 bits per heavy atom. The van der Waals surface area contributed by atoms with Gasteiger partial charge in [-0.3, -0.25) is 4.40 Å². The summed E-state index contributed by atoms with van der Waals surface area (Å²) in [5.74, 6) is 0.285. The minimum absolute atomic E-state index is 0. The number of aliphatic hydroxyl groups is 1. The van der Waals surface area contributed by atoms with Crippen molar-refractivity contribution in [2.45, 2.75) is 42.7 Å². The summed E-state index contributed by atoms with van der Waals surface area (Å²) >= 11 is 1.71. The van der Waals surface area contributed by atoms with Gasteiger partial charge in [0, 0.05) is 46.6 Å². The molecule has 2 aliphatic carbocycles. The van der Waals surface area contributed by atoms with Crippen molar-refractivity contribution < 1.29 is 10.2 Å². The first-order valence-electron chi connectivity index (χ1n) is 11.3. The van der Waals surface area contributed by atoms with Crippen LogP contribution in [0.25, 0.3) is 16.2 Å². The number of imidazole rings is 1. The number of aromatic hydroxyl groups is 1. The Hall–Kier alpha value is -2.19. The van der Waals surface area contributed by atoms with Gasteiger partial charge in [0.05, 0.1) is 11.3 Å². The number of aromatic nitrogens is 2. The molecule has 2 bridgehead atoms. The van der Waals surface area contributed by atoms with Crippen LogP contribution in [0.5, 0.6) is 5.75 Å². The van der Waals surface area contributed by atoms with Crippen molar-refractivity contribution >= 4 is 33.3 Å². The molecule has 7 heteroatoms. The van der Waals surface area contributed by atoms with Crippen LogP contribution in [0.4, 0.5) is 0 Å². The van der Waals surface area contributed by atoms with E-state index >= 15 is 0 Å². The van der Waals surface area contributed by atoms with Gasteiger partial charge in [0.25, 0.3) is 0 Å². The lowest BCUT2D eigenvalue weighted by Gasteiger charge is -2.62. The van der Waals surface area contributed by atoms with Gasteiger partial charge in [-0.1, -0.05) is 36.4 Å². The molecule has 2 aromatic heterocycles. The van der Waals surface area contributed by atoms with Crippen LogP contribution in [0.3, 0.4) is 0 Å². The van der Waals surface area contributed by atoms with Crippen molar-refractivity contribution in [2.75, 3.05) is 13.6 Å². The van der Waals surface area contributed by atoms with Gasteiger partial charge in [-0.25, -0.2) is 4.98 Å². The van der Waals surface area contributed by atoms with Crippen molar-refractivity contribution in [1.82, 2.24) is 14.3 Å². The summed E-state index contributed by atoms with van der Waals surface area (Å²) in [6, 6.07) is 16.1. The Morgan fingerprint density at radius 2 is 1.94 bits per heavy atom. The number of likely N-dealkylation sites (N-methyl/N-ethyl adjacent to an activating group) is 1. The predicted octanol–water partition coefficient (Wildman–Crippen LogP) is 4.37. The fourth-order valence-electron chi connectivity index (χ4n) is 6.67. The van der Waals surface area contributed by atoms with Gasteiger partial charge >= 0.3 is 0 Å². The molecule has 1 aliphatic heterocycles. The van der Waals surface area contributed by atoms with Crippen molar-refractivity contribution in [1.29, 1.82) is 0 Å². The first-order valence-corrected chi connectivity index (χ1v) is 12.1. The number of halogens is 1. The molecule has 2 N–H and O–H groups in total. The fraction of sp³-hybridized carbons (Fsp3) is 0.346. The summed E-state index contributed by atoms with van der Waals surface area (Å²) in [5.41, 5.74) is 4.53. The normalized spacial score (nSPS) is 28.0. The molecule has 170 valence electrons. The number of phenols is 1. The largest absolute Gasteiger partial charge is 0.508 e. The van der Waals surface area contributed by atoms with Gasteiger partial charge in [-0.15, -0.1) is 28.3 Å². The second-order valence-electron chi connectivity index (χ2n) is 9.77. The molecular formula is C26H26BrN3O2S. The molecule has 3 aliphatic rings. The Labute approximate surface area is 207 Å². The van der Waals surface area contributed by atoms with E-state index in [-0.39, 0.29) is 28.8 Å². The van der Waals surface area contributed by atoms with Gasteiger partial charge in [0.2, 0.25) is 0 Å². The molecule has 0 unspecified atom stereocenters. The zero-order valence-electron chi connectivity index (χ0n) is 18.4. The third-order valence-electron chi connectivity index (χ3n) is 8.30. The number of fused-ring (bicyclic) bond motifs is 4. The summed E-state index contributed by atoms with van der Waals surface area (Å²) in [6.45, 7) is 0.948. The van der Waals surface area contributed by atoms with E-state index in [1.807, 2.05) is 24.3 Å². The lowest BCUT2D eigenvalue weighted by atomic mass is 9.50. The minimum Gasteiger partial charge on any atom is -0.508 e. The number of rotatable bonds is 1. The molecule has 4 aromatic rings. The zero-order chi connectivity index (χ0) is 21.7. The van der Waals surface area contributed by atoms with E-state index < -0.39 is 11.0 Å². The Bertz CT molecular complexity index is 1380. The first kappa shape index (κ1) is 21.4. The first-order chi connectivity index (χ1) is 15.5. The SMILES string of the molecule is Br.CN1CC[C@@]23Cc4c(sc5nc(-c6ccccc6)cn45)C[C@@]2(O)[C@@H]1Cc1ccc(O)cc13. The number of hydrogen-bond acceptors (Lipinski definition) is 5. The van der Waals surface area contributed by atoms with E-state index in [9.17, 15) is 10.2 Å². The quantitative estimate of drug-likeness (QED) is 0.388. The highest BCUT2D eigenvalue weighted by atomic mass is 79.9. The van der Waals surface area contributed by atoms with Gasteiger partial charge in [0.15, 0.2) is 4.96 Å². The zero-order valence-corrected chi connectivity index (χ0v) is 20.9. The summed E-state index contributed by atoms with van der Waals surface area (Å²) in [5, 5.41) is 22.7. The lowest BCUT2D eigenvalue weighted by Crippen LogP contribution is -2.73. The van der Waals surface area contributed by atoms with E-state index in [2.05, 4.69) is 40.7 Å². The molecule has 0 saturated carbocycles. The monoisotopic (exact) mass is 523 g/mol. The maximum Gasteiger partial charge on any atom is 0.194 e. The molecule has 3 heterocycles. The fourth-order valence-corrected chi connectivity index (χ4v) is 7.87. The van der Waals surface area contributed by atoms with Crippen LogP contribution >= 0.6 is 28.3 Å². The molecule has 0 amide bonds. The standard InChI is InChI=1S/C26H25N3O2S.BrH/c1-28-10-9-25-13-21-22(32-24-27-20(15-29(21)24)16-5-3-2-4-6-16)14-26(25,31)23(28)11-17-7-8-18(30)12-19(17)25;/h2-8,12,15,23,30-31H,9-11,13-14H2,1H3;1H/t23-,25-,26+;/m0./s1. The average molecular weight is 524 g/mol. The van der Waals surface area contributed by atoms with Crippen molar-refractivity contribution in [3.63, 3.8) is 0 Å². The smallest absolute Gasteiger partial charge is 0.194 e. The number of benzene rings is 2. The molecule has 5 nitrogen and oxygen atoms in total. The van der Waals surface area contributed by atoms with Crippen LogP contribution in [0, 0.1) is 0 Å². The average Bonchev–Trinajstić information content (AvgIpc) is 3.33. The molecule has 1 saturated heterocycles. The number of phenolic OH excluding ortho intramolecular Hbond substituents is 1. The van der Waals surface area contributed by atoms with E-state index in [0.29, 0.717) is 6.42 Å². The molecule has 33 heavy (non-hydrogen) atoms. The van der Waals surface area contributed by atoms with Crippen LogP contribution in [0.2, 0.25) is 0 Å². The van der Waals surface area contributed by atoms with Gasteiger partial charge in [-0.05, 0) is 49.7 Å². The highest BCUT2D eigenvalue weighted by molar-refractivity contribution is 8.93. The van der Waals surface area contributed by atoms with Crippen LogP contribution in [0.1, 0.15) is 28.1 Å². The Balaban J connectivity index is 0.00000206. The second kappa shape index (κ2) is 7.15. The number of piperidine rings is 1. The maximum atomic E-state index is 12.4. The maximum absolute atomic E-state index is 12.4. The van der Waals surface area contributed by atoms with Gasteiger partial charge < -0.3 is 15.1 Å². The third-order valence-corrected chi connectivity index (χ3v) is 9.39. The number of nitrogens with zero attached hydrogens (tertiary/aromatic N) is 3. The van der Waals surface area contributed by atoms with Crippen LogP contribution < -0.4 is 0 Å². The molecular weight excluding hydrogens is 498 g/mol. The van der Waals surface area contributed by atoms with Gasteiger partial charge in [-0.2, -0.15) is 0 Å².